The Labute approximate surface area is 131 Å². The lowest BCUT2D eigenvalue weighted by Crippen LogP contribution is -2.34. The summed E-state index contributed by atoms with van der Waals surface area (Å²) in [5.41, 5.74) is 3.21. The molecule has 0 saturated heterocycles. The molecule has 2 aromatic rings. The van der Waals surface area contributed by atoms with Gasteiger partial charge in [-0.3, -0.25) is 0 Å². The van der Waals surface area contributed by atoms with E-state index in [9.17, 15) is 4.79 Å². The second kappa shape index (κ2) is 5.59. The van der Waals surface area contributed by atoms with Crippen molar-refractivity contribution in [1.29, 1.82) is 0 Å². The molecule has 0 saturated carbocycles. The maximum absolute atomic E-state index is 12.2. The van der Waals surface area contributed by atoms with Crippen LogP contribution in [-0.2, 0) is 11.2 Å². The fourth-order valence-electron chi connectivity index (χ4n) is 3.44. The maximum Gasteiger partial charge on any atom is 0.356 e. The van der Waals surface area contributed by atoms with Gasteiger partial charge in [-0.2, -0.15) is 0 Å². The normalized spacial score (nSPS) is 19.5. The third-order valence-corrected chi connectivity index (χ3v) is 4.56. The molecule has 3 rings (SSSR count). The Hall–Kier alpha value is -2.10. The molecule has 1 atom stereocenters. The molecule has 0 radical (unpaired) electrons. The van der Waals surface area contributed by atoms with Gasteiger partial charge in [0.2, 0.25) is 0 Å². The van der Waals surface area contributed by atoms with Gasteiger partial charge in [0.1, 0.15) is 5.69 Å². The molecule has 4 nitrogen and oxygen atoms in total. The van der Waals surface area contributed by atoms with Crippen molar-refractivity contribution in [1.82, 2.24) is 9.55 Å². The second-order valence-corrected chi connectivity index (χ2v) is 6.50. The first-order valence-corrected chi connectivity index (χ1v) is 7.81. The number of hydrogen-bond donors (Lipinski definition) is 0. The van der Waals surface area contributed by atoms with E-state index < -0.39 is 0 Å². The summed E-state index contributed by atoms with van der Waals surface area (Å²) in [6.45, 7) is 6.69. The number of aromatic nitrogens is 2. The number of carbonyl (C=O) groups is 1. The Bertz CT molecular complexity index is 688. The summed E-state index contributed by atoms with van der Waals surface area (Å²) >= 11 is 0. The number of benzene rings is 1. The third-order valence-electron chi connectivity index (χ3n) is 4.56. The molecular formula is C18H22N2O2. The van der Waals surface area contributed by atoms with Crippen LogP contribution in [0, 0.1) is 5.41 Å². The fraction of sp³-hybridized carbons (Fsp3) is 0.444. The fourth-order valence-corrected chi connectivity index (χ4v) is 3.44. The topological polar surface area (TPSA) is 44.1 Å². The van der Waals surface area contributed by atoms with E-state index in [1.807, 2.05) is 11.5 Å². The summed E-state index contributed by atoms with van der Waals surface area (Å²) in [5.74, 6) is -0.307. The minimum absolute atomic E-state index is 0.0519. The molecule has 0 fully saturated rings. The van der Waals surface area contributed by atoms with Crippen molar-refractivity contribution in [3.63, 3.8) is 0 Å². The number of fused-ring (bicyclic) bond motifs is 1. The number of carbonyl (C=O) groups excluding carboxylic acids is 1. The molecule has 0 amide bonds. The van der Waals surface area contributed by atoms with E-state index in [4.69, 9.17) is 4.74 Å². The van der Waals surface area contributed by atoms with Crippen molar-refractivity contribution in [3.05, 3.63) is 53.6 Å². The molecule has 0 bridgehead atoms. The number of ether oxygens (including phenoxy) is 1. The molecule has 22 heavy (non-hydrogen) atoms. The van der Waals surface area contributed by atoms with E-state index in [0.29, 0.717) is 12.3 Å². The van der Waals surface area contributed by atoms with Gasteiger partial charge in [-0.25, -0.2) is 9.78 Å². The van der Waals surface area contributed by atoms with Crippen molar-refractivity contribution in [2.45, 2.75) is 39.7 Å². The largest absolute Gasteiger partial charge is 0.461 e. The van der Waals surface area contributed by atoms with Crippen molar-refractivity contribution in [2.24, 2.45) is 5.41 Å². The summed E-state index contributed by atoms with van der Waals surface area (Å²) < 4.78 is 7.16. The maximum atomic E-state index is 12.2. The van der Waals surface area contributed by atoms with Crippen molar-refractivity contribution < 1.29 is 9.53 Å². The summed E-state index contributed by atoms with van der Waals surface area (Å²) in [7, 11) is 0. The van der Waals surface area contributed by atoms with E-state index in [0.717, 1.165) is 12.8 Å². The molecule has 4 heteroatoms. The van der Waals surface area contributed by atoms with Gasteiger partial charge in [0.05, 0.1) is 25.2 Å². The van der Waals surface area contributed by atoms with Gasteiger partial charge in [0.15, 0.2) is 0 Å². The zero-order chi connectivity index (χ0) is 15.7. The van der Waals surface area contributed by atoms with E-state index >= 15 is 0 Å². The molecular weight excluding hydrogens is 276 g/mol. The molecule has 0 spiro atoms. The zero-order valence-corrected chi connectivity index (χ0v) is 13.4. The zero-order valence-electron chi connectivity index (χ0n) is 13.4. The van der Waals surface area contributed by atoms with Crippen LogP contribution in [0.5, 0.6) is 0 Å². The molecule has 1 aromatic heterocycles. The highest BCUT2D eigenvalue weighted by atomic mass is 16.5. The predicted molar refractivity (Wildman–Crippen MR) is 84.9 cm³/mol. The first kappa shape index (κ1) is 14.8. The summed E-state index contributed by atoms with van der Waals surface area (Å²) in [5, 5.41) is 0. The van der Waals surface area contributed by atoms with Gasteiger partial charge in [-0.15, -0.1) is 0 Å². The summed E-state index contributed by atoms with van der Waals surface area (Å²) in [6, 6.07) is 8.58. The smallest absolute Gasteiger partial charge is 0.356 e. The highest BCUT2D eigenvalue weighted by Gasteiger charge is 2.38. The molecule has 1 heterocycles. The van der Waals surface area contributed by atoms with Crippen LogP contribution >= 0.6 is 0 Å². The Morgan fingerprint density at radius 1 is 1.41 bits per heavy atom. The number of nitrogens with zero attached hydrogens (tertiary/aromatic N) is 2. The van der Waals surface area contributed by atoms with E-state index in [1.165, 1.54) is 11.1 Å². The lowest BCUT2D eigenvalue weighted by Gasteiger charge is -2.41. The minimum atomic E-state index is -0.307. The van der Waals surface area contributed by atoms with Gasteiger partial charge in [0, 0.05) is 0 Å². The van der Waals surface area contributed by atoms with Gasteiger partial charge in [0.25, 0.3) is 0 Å². The number of aryl methyl sites for hydroxylation is 1. The lowest BCUT2D eigenvalue weighted by atomic mass is 9.70. The van der Waals surface area contributed by atoms with Crippen LogP contribution in [0.15, 0.2) is 36.8 Å². The monoisotopic (exact) mass is 298 g/mol. The Kier molecular flexibility index (Phi) is 3.77. The first-order chi connectivity index (χ1) is 10.5. The van der Waals surface area contributed by atoms with Crippen LogP contribution in [0.2, 0.25) is 0 Å². The van der Waals surface area contributed by atoms with Crippen molar-refractivity contribution in [3.8, 4) is 0 Å². The Morgan fingerprint density at radius 3 is 2.95 bits per heavy atom. The summed E-state index contributed by atoms with van der Waals surface area (Å²) in [4.78, 5) is 16.4. The summed E-state index contributed by atoms with van der Waals surface area (Å²) in [6.07, 6.45) is 5.50. The van der Waals surface area contributed by atoms with Crippen molar-refractivity contribution in [2.75, 3.05) is 6.61 Å². The minimum Gasteiger partial charge on any atom is -0.461 e. The van der Waals surface area contributed by atoms with E-state index in [2.05, 4.69) is 43.1 Å². The number of rotatable bonds is 3. The number of esters is 1. The van der Waals surface area contributed by atoms with Crippen LogP contribution in [0.1, 0.15) is 54.8 Å². The van der Waals surface area contributed by atoms with E-state index in [-0.39, 0.29) is 17.4 Å². The van der Waals surface area contributed by atoms with E-state index in [1.54, 1.807) is 12.5 Å². The standard InChI is InChI=1S/C18H22N2O2/c1-4-22-17(21)15-11-19-12-20(15)16-14-8-6-5-7-13(14)9-10-18(16,2)3/h5-8,11-12,16H,4,9-10H2,1-3H3. The van der Waals surface area contributed by atoms with Crippen LogP contribution in [0.3, 0.4) is 0 Å². The van der Waals surface area contributed by atoms with Gasteiger partial charge in [-0.05, 0) is 36.3 Å². The van der Waals surface area contributed by atoms with Crippen LogP contribution in [0.4, 0.5) is 0 Å². The molecule has 0 N–H and O–H groups in total. The second-order valence-electron chi connectivity index (χ2n) is 6.50. The average molecular weight is 298 g/mol. The number of hydrogen-bond acceptors (Lipinski definition) is 3. The molecule has 1 unspecified atom stereocenters. The van der Waals surface area contributed by atoms with Crippen molar-refractivity contribution >= 4 is 5.97 Å². The van der Waals surface area contributed by atoms with Crippen LogP contribution < -0.4 is 0 Å². The molecule has 1 aromatic carbocycles. The molecule has 1 aliphatic carbocycles. The lowest BCUT2D eigenvalue weighted by molar-refractivity contribution is 0.0506. The average Bonchev–Trinajstić information content (AvgIpc) is 2.95. The van der Waals surface area contributed by atoms with Crippen LogP contribution in [0.25, 0.3) is 0 Å². The molecule has 0 aliphatic heterocycles. The Balaban J connectivity index is 2.11. The third kappa shape index (κ3) is 2.43. The predicted octanol–water partition coefficient (Wildman–Crippen LogP) is 3.62. The van der Waals surface area contributed by atoms with Gasteiger partial charge >= 0.3 is 5.97 Å². The molecule has 1 aliphatic rings. The highest BCUT2D eigenvalue weighted by Crippen LogP contribution is 2.46. The van der Waals surface area contributed by atoms with Crippen LogP contribution in [-0.4, -0.2) is 22.1 Å². The van der Waals surface area contributed by atoms with Gasteiger partial charge < -0.3 is 9.30 Å². The quantitative estimate of drug-likeness (QED) is 0.813. The Morgan fingerprint density at radius 2 is 2.18 bits per heavy atom. The van der Waals surface area contributed by atoms with Gasteiger partial charge in [-0.1, -0.05) is 38.1 Å². The number of imidazole rings is 1. The molecule has 116 valence electrons. The first-order valence-electron chi connectivity index (χ1n) is 7.81. The SMILES string of the molecule is CCOC(=O)c1cncn1C1c2ccccc2CCC1(C)C. The highest BCUT2D eigenvalue weighted by molar-refractivity contribution is 5.87.